The first-order valence-corrected chi connectivity index (χ1v) is 13.3. The fourth-order valence-electron chi connectivity index (χ4n) is 3.16. The SMILES string of the molecule is NS(=O)(=O)NCCCCC(NCC(=O)c1ccccc1)c1csc(-c2ccc(Br)cc2)n1. The van der Waals surface area contributed by atoms with Crippen molar-refractivity contribution in [1.82, 2.24) is 15.0 Å². The van der Waals surface area contributed by atoms with E-state index in [1.807, 2.05) is 47.8 Å². The summed E-state index contributed by atoms with van der Waals surface area (Å²) < 4.78 is 25.4. The van der Waals surface area contributed by atoms with Crippen LogP contribution in [0.5, 0.6) is 0 Å². The summed E-state index contributed by atoms with van der Waals surface area (Å²) in [7, 11) is -3.68. The number of nitrogens with zero attached hydrogens (tertiary/aromatic N) is 1. The van der Waals surface area contributed by atoms with E-state index in [-0.39, 0.29) is 24.9 Å². The van der Waals surface area contributed by atoms with Gasteiger partial charge in [0, 0.05) is 27.5 Å². The molecule has 0 aliphatic heterocycles. The van der Waals surface area contributed by atoms with Crippen molar-refractivity contribution in [2.45, 2.75) is 25.3 Å². The number of hydrogen-bond acceptors (Lipinski definition) is 6. The van der Waals surface area contributed by atoms with Gasteiger partial charge in [-0.25, -0.2) is 14.8 Å². The first-order chi connectivity index (χ1) is 15.3. The first-order valence-electron chi connectivity index (χ1n) is 10.1. The fourth-order valence-corrected chi connectivity index (χ4v) is 4.73. The smallest absolute Gasteiger partial charge is 0.274 e. The molecule has 0 amide bonds. The van der Waals surface area contributed by atoms with Gasteiger partial charge in [-0.1, -0.05) is 64.8 Å². The molecule has 0 spiro atoms. The van der Waals surface area contributed by atoms with E-state index >= 15 is 0 Å². The van der Waals surface area contributed by atoms with Crippen LogP contribution in [0.2, 0.25) is 0 Å². The lowest BCUT2D eigenvalue weighted by atomic mass is 10.1. The Morgan fingerprint density at radius 3 is 2.50 bits per heavy atom. The van der Waals surface area contributed by atoms with Gasteiger partial charge in [0.1, 0.15) is 5.01 Å². The number of ketones is 1. The number of thiazole rings is 1. The number of aromatic nitrogens is 1. The van der Waals surface area contributed by atoms with E-state index in [9.17, 15) is 13.2 Å². The number of carbonyl (C=O) groups excluding carboxylic acids is 1. The van der Waals surface area contributed by atoms with Crippen LogP contribution in [0.1, 0.15) is 41.4 Å². The first kappa shape index (κ1) is 24.7. The maximum absolute atomic E-state index is 12.6. The molecule has 32 heavy (non-hydrogen) atoms. The number of Topliss-reactive ketones (excluding diaryl/α,β-unsaturated/α-hetero) is 1. The predicted octanol–water partition coefficient (Wildman–Crippen LogP) is 4.05. The molecule has 1 atom stereocenters. The Bertz CT molecular complexity index is 1120. The van der Waals surface area contributed by atoms with Crippen molar-refractivity contribution in [1.29, 1.82) is 0 Å². The molecular formula is C22H25BrN4O3S2. The molecular weight excluding hydrogens is 512 g/mol. The predicted molar refractivity (Wildman–Crippen MR) is 132 cm³/mol. The summed E-state index contributed by atoms with van der Waals surface area (Å²) in [5.41, 5.74) is 2.55. The number of carbonyl (C=O) groups is 1. The zero-order valence-corrected chi connectivity index (χ0v) is 20.5. The highest BCUT2D eigenvalue weighted by molar-refractivity contribution is 9.10. The van der Waals surface area contributed by atoms with Crippen LogP contribution in [0.4, 0.5) is 0 Å². The molecule has 7 nitrogen and oxygen atoms in total. The van der Waals surface area contributed by atoms with Gasteiger partial charge in [-0.15, -0.1) is 11.3 Å². The molecule has 2 aromatic carbocycles. The van der Waals surface area contributed by atoms with Gasteiger partial charge in [0.05, 0.1) is 18.3 Å². The lowest BCUT2D eigenvalue weighted by Crippen LogP contribution is -2.31. The summed E-state index contributed by atoms with van der Waals surface area (Å²) >= 11 is 5.00. The highest BCUT2D eigenvalue weighted by atomic mass is 79.9. The zero-order valence-electron chi connectivity index (χ0n) is 17.3. The van der Waals surface area contributed by atoms with Crippen LogP contribution in [0.25, 0.3) is 10.6 Å². The van der Waals surface area contributed by atoms with Crippen LogP contribution in [0, 0.1) is 0 Å². The number of unbranched alkanes of at least 4 members (excludes halogenated alkanes) is 1. The maximum atomic E-state index is 12.6. The third-order valence-electron chi connectivity index (χ3n) is 4.80. The molecule has 10 heteroatoms. The largest absolute Gasteiger partial charge is 0.301 e. The van der Waals surface area contributed by atoms with E-state index in [2.05, 4.69) is 26.0 Å². The molecule has 3 aromatic rings. The Balaban J connectivity index is 1.66. The van der Waals surface area contributed by atoms with Crippen molar-refractivity contribution in [3.63, 3.8) is 0 Å². The van der Waals surface area contributed by atoms with Crippen LogP contribution < -0.4 is 15.2 Å². The van der Waals surface area contributed by atoms with Crippen molar-refractivity contribution in [3.8, 4) is 10.6 Å². The summed E-state index contributed by atoms with van der Waals surface area (Å²) in [4.78, 5) is 17.3. The molecule has 0 saturated heterocycles. The second kappa shape index (κ2) is 11.8. The molecule has 0 bridgehead atoms. The molecule has 170 valence electrons. The summed E-state index contributed by atoms with van der Waals surface area (Å²) in [5.74, 6) is 0.00912. The number of nitrogens with two attached hydrogens (primary N) is 1. The zero-order chi connectivity index (χ0) is 23.0. The average molecular weight is 538 g/mol. The van der Waals surface area contributed by atoms with Crippen LogP contribution in [-0.4, -0.2) is 32.3 Å². The van der Waals surface area contributed by atoms with Gasteiger partial charge in [-0.3, -0.25) is 4.79 Å². The second-order valence-electron chi connectivity index (χ2n) is 7.24. The van der Waals surface area contributed by atoms with Gasteiger partial charge in [0.25, 0.3) is 10.2 Å². The van der Waals surface area contributed by atoms with Crippen molar-refractivity contribution in [2.75, 3.05) is 13.1 Å². The molecule has 0 aliphatic rings. The van der Waals surface area contributed by atoms with Gasteiger partial charge in [-0.2, -0.15) is 8.42 Å². The van der Waals surface area contributed by atoms with E-state index in [4.69, 9.17) is 10.1 Å². The standard InChI is InChI=1S/C22H25BrN4O3S2/c23-18-11-9-17(10-12-18)22-27-20(15-31-22)19(8-4-5-13-26-32(24,29)30)25-14-21(28)16-6-2-1-3-7-16/h1-3,6-7,9-12,15,19,25-26H,4-5,8,13-14H2,(H2,24,29,30). The quantitative estimate of drug-likeness (QED) is 0.238. The van der Waals surface area contributed by atoms with Crippen LogP contribution >= 0.6 is 27.3 Å². The molecule has 1 aromatic heterocycles. The van der Waals surface area contributed by atoms with E-state index in [1.54, 1.807) is 23.5 Å². The molecule has 0 aliphatic carbocycles. The summed E-state index contributed by atoms with van der Waals surface area (Å²) in [6, 6.07) is 17.0. The van der Waals surface area contributed by atoms with E-state index in [0.29, 0.717) is 18.4 Å². The van der Waals surface area contributed by atoms with Gasteiger partial charge in [0.15, 0.2) is 5.78 Å². The highest BCUT2D eigenvalue weighted by Gasteiger charge is 2.17. The Morgan fingerprint density at radius 1 is 1.09 bits per heavy atom. The van der Waals surface area contributed by atoms with Gasteiger partial charge in [-0.05, 0) is 25.0 Å². The molecule has 1 heterocycles. The highest BCUT2D eigenvalue weighted by Crippen LogP contribution is 2.29. The van der Waals surface area contributed by atoms with Crippen LogP contribution in [0.15, 0.2) is 64.5 Å². The van der Waals surface area contributed by atoms with Gasteiger partial charge in [0.2, 0.25) is 0 Å². The van der Waals surface area contributed by atoms with Crippen molar-refractivity contribution >= 4 is 43.3 Å². The third kappa shape index (κ3) is 7.88. The van der Waals surface area contributed by atoms with E-state index in [1.165, 1.54) is 0 Å². The molecule has 0 radical (unpaired) electrons. The fraction of sp³-hybridized carbons (Fsp3) is 0.273. The number of rotatable bonds is 12. The summed E-state index contributed by atoms with van der Waals surface area (Å²) in [6.07, 6.45) is 2.08. The Labute approximate surface area is 200 Å². The van der Waals surface area contributed by atoms with E-state index < -0.39 is 10.2 Å². The van der Waals surface area contributed by atoms with Gasteiger partial charge >= 0.3 is 0 Å². The van der Waals surface area contributed by atoms with Crippen LogP contribution in [0.3, 0.4) is 0 Å². The Morgan fingerprint density at radius 2 is 1.81 bits per heavy atom. The lowest BCUT2D eigenvalue weighted by Gasteiger charge is -2.17. The minimum absolute atomic E-state index is 0.00912. The number of nitrogens with one attached hydrogen (secondary N) is 2. The Hall–Kier alpha value is -1.95. The monoisotopic (exact) mass is 536 g/mol. The molecule has 4 N–H and O–H groups in total. The third-order valence-corrected chi connectivity index (χ3v) is 6.84. The second-order valence-corrected chi connectivity index (χ2v) is 10.4. The number of halogens is 1. The minimum atomic E-state index is -3.68. The van der Waals surface area contributed by atoms with Crippen molar-refractivity contribution in [2.24, 2.45) is 5.14 Å². The topological polar surface area (TPSA) is 114 Å². The normalized spacial score (nSPS) is 12.6. The van der Waals surface area contributed by atoms with Crippen molar-refractivity contribution in [3.05, 3.63) is 75.7 Å². The lowest BCUT2D eigenvalue weighted by molar-refractivity contribution is 0.0986. The molecule has 3 rings (SSSR count). The molecule has 1 unspecified atom stereocenters. The maximum Gasteiger partial charge on any atom is 0.274 e. The molecule has 0 saturated carbocycles. The average Bonchev–Trinajstić information content (AvgIpc) is 3.26. The van der Waals surface area contributed by atoms with Crippen molar-refractivity contribution < 1.29 is 13.2 Å². The van der Waals surface area contributed by atoms with E-state index in [0.717, 1.165) is 27.2 Å². The summed E-state index contributed by atoms with van der Waals surface area (Å²) in [5, 5.41) is 11.2. The Kier molecular flexibility index (Phi) is 9.09. The number of benzene rings is 2. The summed E-state index contributed by atoms with van der Waals surface area (Å²) in [6.45, 7) is 0.463. The van der Waals surface area contributed by atoms with Gasteiger partial charge < -0.3 is 5.32 Å². The minimum Gasteiger partial charge on any atom is -0.301 e. The molecule has 0 fully saturated rings. The number of hydrogen-bond donors (Lipinski definition) is 3. The van der Waals surface area contributed by atoms with Crippen LogP contribution in [-0.2, 0) is 10.2 Å².